The molecule has 0 atom stereocenters. The van der Waals surface area contributed by atoms with Crippen LogP contribution in [0.3, 0.4) is 0 Å². The molecule has 0 fully saturated rings. The van der Waals surface area contributed by atoms with E-state index in [1.807, 2.05) is 6.07 Å². The zero-order chi connectivity index (χ0) is 13.4. The SMILES string of the molecule is Nc1ccc2nc(Sc3nc(N)cc(=O)[nH]3)[nH]c2c1. The van der Waals surface area contributed by atoms with Crippen molar-refractivity contribution < 1.29 is 0 Å². The molecule has 0 aliphatic heterocycles. The number of imidazole rings is 1. The Kier molecular flexibility index (Phi) is 2.64. The van der Waals surface area contributed by atoms with E-state index < -0.39 is 0 Å². The van der Waals surface area contributed by atoms with Gasteiger partial charge in [-0.1, -0.05) is 0 Å². The number of hydrogen-bond donors (Lipinski definition) is 4. The Hall–Kier alpha value is -2.48. The molecule has 96 valence electrons. The van der Waals surface area contributed by atoms with Gasteiger partial charge in [-0.05, 0) is 30.0 Å². The van der Waals surface area contributed by atoms with Crippen molar-refractivity contribution >= 4 is 34.3 Å². The van der Waals surface area contributed by atoms with Gasteiger partial charge in [-0.25, -0.2) is 9.97 Å². The van der Waals surface area contributed by atoms with E-state index in [1.165, 1.54) is 17.8 Å². The van der Waals surface area contributed by atoms with Crippen LogP contribution in [0.5, 0.6) is 0 Å². The maximum absolute atomic E-state index is 11.3. The largest absolute Gasteiger partial charge is 0.399 e. The number of aromatic nitrogens is 4. The monoisotopic (exact) mass is 274 g/mol. The molecule has 2 heterocycles. The van der Waals surface area contributed by atoms with Crippen molar-refractivity contribution in [2.24, 2.45) is 0 Å². The van der Waals surface area contributed by atoms with Gasteiger partial charge in [-0.15, -0.1) is 0 Å². The molecule has 0 radical (unpaired) electrons. The van der Waals surface area contributed by atoms with Crippen molar-refractivity contribution in [3.05, 3.63) is 34.6 Å². The van der Waals surface area contributed by atoms with Crippen LogP contribution in [0.4, 0.5) is 11.5 Å². The third-order valence-corrected chi connectivity index (χ3v) is 3.19. The van der Waals surface area contributed by atoms with Gasteiger partial charge >= 0.3 is 0 Å². The van der Waals surface area contributed by atoms with Crippen molar-refractivity contribution in [3.63, 3.8) is 0 Å². The van der Waals surface area contributed by atoms with Crippen LogP contribution in [-0.2, 0) is 0 Å². The molecule has 3 aromatic rings. The number of benzene rings is 1. The fourth-order valence-corrected chi connectivity index (χ4v) is 2.44. The number of fused-ring (bicyclic) bond motifs is 1. The summed E-state index contributed by atoms with van der Waals surface area (Å²) in [6, 6.07) is 6.62. The van der Waals surface area contributed by atoms with E-state index in [-0.39, 0.29) is 11.4 Å². The molecule has 0 spiro atoms. The molecule has 8 heteroatoms. The molecule has 0 bridgehead atoms. The number of nitrogen functional groups attached to an aromatic ring is 2. The Bertz CT molecular complexity index is 808. The highest BCUT2D eigenvalue weighted by atomic mass is 32.2. The van der Waals surface area contributed by atoms with Crippen LogP contribution in [0.15, 0.2) is 39.4 Å². The van der Waals surface area contributed by atoms with Crippen molar-refractivity contribution in [2.75, 3.05) is 11.5 Å². The first-order chi connectivity index (χ1) is 9.10. The molecular weight excluding hydrogens is 264 g/mol. The van der Waals surface area contributed by atoms with E-state index in [4.69, 9.17) is 11.5 Å². The van der Waals surface area contributed by atoms with Gasteiger partial charge in [0.2, 0.25) is 0 Å². The third-order valence-electron chi connectivity index (χ3n) is 2.42. The van der Waals surface area contributed by atoms with Crippen LogP contribution >= 0.6 is 11.8 Å². The first-order valence-corrected chi connectivity index (χ1v) is 6.22. The third kappa shape index (κ3) is 2.38. The van der Waals surface area contributed by atoms with E-state index in [0.717, 1.165) is 11.0 Å². The Balaban J connectivity index is 1.98. The summed E-state index contributed by atoms with van der Waals surface area (Å²) in [6.45, 7) is 0. The van der Waals surface area contributed by atoms with Crippen LogP contribution in [0.25, 0.3) is 11.0 Å². The highest BCUT2D eigenvalue weighted by molar-refractivity contribution is 7.99. The number of aromatic amines is 2. The molecule has 0 amide bonds. The molecule has 2 aromatic heterocycles. The fourth-order valence-electron chi connectivity index (χ4n) is 1.65. The van der Waals surface area contributed by atoms with Gasteiger partial charge in [0.05, 0.1) is 11.0 Å². The zero-order valence-corrected chi connectivity index (χ0v) is 10.5. The summed E-state index contributed by atoms with van der Waals surface area (Å²) < 4.78 is 0. The molecule has 0 saturated heterocycles. The van der Waals surface area contributed by atoms with Gasteiger partial charge in [0.25, 0.3) is 5.56 Å². The normalized spacial score (nSPS) is 10.9. The van der Waals surface area contributed by atoms with Crippen molar-refractivity contribution in [1.29, 1.82) is 0 Å². The molecule has 0 aliphatic carbocycles. The molecule has 1 aromatic carbocycles. The van der Waals surface area contributed by atoms with Crippen LogP contribution in [0.1, 0.15) is 0 Å². The van der Waals surface area contributed by atoms with E-state index in [2.05, 4.69) is 19.9 Å². The maximum atomic E-state index is 11.3. The Morgan fingerprint density at radius 2 is 1.84 bits per heavy atom. The topological polar surface area (TPSA) is 126 Å². The molecule has 0 saturated carbocycles. The Labute approximate surface area is 111 Å². The first kappa shape index (κ1) is 11.6. The molecule has 19 heavy (non-hydrogen) atoms. The predicted octanol–water partition coefficient (Wildman–Crippen LogP) is 0.962. The number of hydrogen-bond acceptors (Lipinski definition) is 6. The lowest BCUT2D eigenvalue weighted by molar-refractivity contribution is 0.935. The lowest BCUT2D eigenvalue weighted by Gasteiger charge is -1.97. The standard InChI is InChI=1S/C11H10N6OS/c12-5-1-2-6-7(3-5)15-10(14-6)19-11-16-8(13)4-9(18)17-11/h1-4H,12H2,(H,14,15)(H3,13,16,17,18). The van der Waals surface area contributed by atoms with Crippen molar-refractivity contribution in [3.8, 4) is 0 Å². The van der Waals surface area contributed by atoms with Gasteiger partial charge in [0, 0.05) is 11.8 Å². The molecule has 3 rings (SSSR count). The minimum Gasteiger partial charge on any atom is -0.399 e. The average molecular weight is 274 g/mol. The molecular formula is C11H10N6OS. The summed E-state index contributed by atoms with van der Waals surface area (Å²) in [6.07, 6.45) is 0. The second-order valence-corrected chi connectivity index (χ2v) is 4.87. The molecule has 0 aliphatic rings. The summed E-state index contributed by atoms with van der Waals surface area (Å²) in [5, 5.41) is 0.992. The highest BCUT2D eigenvalue weighted by Crippen LogP contribution is 2.24. The van der Waals surface area contributed by atoms with E-state index >= 15 is 0 Å². The molecule has 6 N–H and O–H groups in total. The smallest absolute Gasteiger partial charge is 0.253 e. The zero-order valence-electron chi connectivity index (χ0n) is 9.68. The van der Waals surface area contributed by atoms with E-state index in [0.29, 0.717) is 16.0 Å². The van der Waals surface area contributed by atoms with Gasteiger partial charge in [0.15, 0.2) is 10.3 Å². The van der Waals surface area contributed by atoms with Crippen molar-refractivity contribution in [1.82, 2.24) is 19.9 Å². The maximum Gasteiger partial charge on any atom is 0.253 e. The van der Waals surface area contributed by atoms with Crippen LogP contribution in [0.2, 0.25) is 0 Å². The molecule has 0 unspecified atom stereocenters. The highest BCUT2D eigenvalue weighted by Gasteiger charge is 2.07. The number of nitrogens with one attached hydrogen (secondary N) is 2. The van der Waals surface area contributed by atoms with Gasteiger partial charge in [-0.3, -0.25) is 4.79 Å². The van der Waals surface area contributed by atoms with Gasteiger partial charge < -0.3 is 21.4 Å². The minimum atomic E-state index is -0.296. The summed E-state index contributed by atoms with van der Waals surface area (Å²) in [4.78, 5) is 25.3. The van der Waals surface area contributed by atoms with Gasteiger partial charge in [-0.2, -0.15) is 0 Å². The Morgan fingerprint density at radius 3 is 2.63 bits per heavy atom. The predicted molar refractivity (Wildman–Crippen MR) is 73.9 cm³/mol. The summed E-state index contributed by atoms with van der Waals surface area (Å²) in [7, 11) is 0. The fraction of sp³-hybridized carbons (Fsp3) is 0. The van der Waals surface area contributed by atoms with E-state index in [9.17, 15) is 4.79 Å². The first-order valence-electron chi connectivity index (χ1n) is 5.40. The lowest BCUT2D eigenvalue weighted by Crippen LogP contribution is -2.09. The second-order valence-electron chi connectivity index (χ2n) is 3.90. The number of nitrogens with zero attached hydrogens (tertiary/aromatic N) is 2. The summed E-state index contributed by atoms with van der Waals surface area (Å²) in [5.74, 6) is 0.173. The summed E-state index contributed by atoms with van der Waals surface area (Å²) in [5.41, 5.74) is 13.2. The average Bonchev–Trinajstić information content (AvgIpc) is 2.68. The van der Waals surface area contributed by atoms with Gasteiger partial charge in [0.1, 0.15) is 5.82 Å². The quantitative estimate of drug-likeness (QED) is 0.407. The van der Waals surface area contributed by atoms with Crippen molar-refractivity contribution in [2.45, 2.75) is 10.3 Å². The number of nitrogens with two attached hydrogens (primary N) is 2. The van der Waals surface area contributed by atoms with E-state index in [1.54, 1.807) is 12.1 Å². The Morgan fingerprint density at radius 1 is 1.05 bits per heavy atom. The number of rotatable bonds is 2. The van der Waals surface area contributed by atoms with Crippen LogP contribution in [-0.4, -0.2) is 19.9 Å². The van der Waals surface area contributed by atoms with Crippen LogP contribution in [0, 0.1) is 0 Å². The van der Waals surface area contributed by atoms with Crippen LogP contribution < -0.4 is 17.0 Å². The summed E-state index contributed by atoms with van der Waals surface area (Å²) >= 11 is 1.19. The lowest BCUT2D eigenvalue weighted by atomic mass is 10.3. The number of H-pyrrole nitrogens is 2. The number of anilines is 2. The second kappa shape index (κ2) is 4.32. The molecule has 7 nitrogen and oxygen atoms in total. The minimum absolute atomic E-state index is 0.173.